The maximum absolute atomic E-state index is 13.5. The molecular weight excluding hydrogens is 378 g/mol. The molecule has 7 heteroatoms. The van der Waals surface area contributed by atoms with Gasteiger partial charge in [-0.25, -0.2) is 12.4 Å². The normalized spacial score (nSPS) is 15.0. The van der Waals surface area contributed by atoms with Gasteiger partial charge >= 0.3 is 0 Å². The molecule has 0 fully saturated rings. The van der Waals surface area contributed by atoms with Crippen LogP contribution in [0, 0.1) is 0 Å². The molecule has 144 valence electrons. The average Bonchev–Trinajstić information content (AvgIpc) is 3.28. The Labute approximate surface area is 163 Å². The van der Waals surface area contributed by atoms with Gasteiger partial charge in [0.25, 0.3) is 10.0 Å². The second kappa shape index (κ2) is 6.39. The summed E-state index contributed by atoms with van der Waals surface area (Å²) in [5, 5.41) is 9.87. The minimum Gasteiger partial charge on any atom is -0.454 e. The zero-order valence-corrected chi connectivity index (χ0v) is 15.9. The summed E-state index contributed by atoms with van der Waals surface area (Å²) < 4.78 is 39.0. The van der Waals surface area contributed by atoms with Crippen molar-refractivity contribution in [3.8, 4) is 22.8 Å². The number of nitrogens with zero attached hydrogens (tertiary/aromatic N) is 1. The third kappa shape index (κ3) is 2.54. The summed E-state index contributed by atoms with van der Waals surface area (Å²) in [5.41, 5.74) is 4.22. The van der Waals surface area contributed by atoms with E-state index in [1.54, 1.807) is 12.3 Å². The quantitative estimate of drug-likeness (QED) is 0.735. The molecule has 0 atom stereocenters. The molecule has 2 aromatic carbocycles. The van der Waals surface area contributed by atoms with E-state index in [9.17, 15) is 13.5 Å². The molecule has 28 heavy (non-hydrogen) atoms. The number of rotatable bonds is 3. The summed E-state index contributed by atoms with van der Waals surface area (Å²) in [5.74, 6) is 0.953. The van der Waals surface area contributed by atoms with Crippen molar-refractivity contribution in [2.24, 2.45) is 0 Å². The first-order valence-corrected chi connectivity index (χ1v) is 10.6. The fourth-order valence-corrected chi connectivity index (χ4v) is 5.47. The maximum atomic E-state index is 13.5. The highest BCUT2D eigenvalue weighted by atomic mass is 32.2. The zero-order valence-electron chi connectivity index (χ0n) is 15.1. The highest BCUT2D eigenvalue weighted by molar-refractivity contribution is 7.90. The van der Waals surface area contributed by atoms with Crippen LogP contribution in [0.3, 0.4) is 0 Å². The van der Waals surface area contributed by atoms with E-state index in [2.05, 4.69) is 0 Å². The van der Waals surface area contributed by atoms with Crippen LogP contribution in [0.4, 0.5) is 0 Å². The first-order chi connectivity index (χ1) is 13.6. The van der Waals surface area contributed by atoms with Gasteiger partial charge in [-0.1, -0.05) is 24.3 Å². The summed E-state index contributed by atoms with van der Waals surface area (Å²) in [6, 6.07) is 12.5. The number of benzene rings is 2. The van der Waals surface area contributed by atoms with Crippen LogP contribution in [-0.2, 0) is 29.5 Å². The third-order valence-electron chi connectivity index (χ3n) is 5.38. The molecule has 0 saturated heterocycles. The van der Waals surface area contributed by atoms with Gasteiger partial charge in [-0.3, -0.25) is 0 Å². The molecule has 5 rings (SSSR count). The van der Waals surface area contributed by atoms with Gasteiger partial charge in [0.05, 0.1) is 17.2 Å². The predicted molar refractivity (Wildman–Crippen MR) is 103 cm³/mol. The SMILES string of the molecule is O=S(=O)(c1ccc2c(c1)OCO2)n1cc(CO)c2c1-c1ccccc1CCC2. The van der Waals surface area contributed by atoms with Gasteiger partial charge in [-0.05, 0) is 42.5 Å². The van der Waals surface area contributed by atoms with Crippen LogP contribution < -0.4 is 9.47 Å². The minimum atomic E-state index is -3.88. The van der Waals surface area contributed by atoms with E-state index in [1.807, 2.05) is 24.3 Å². The number of ether oxygens (including phenoxy) is 2. The van der Waals surface area contributed by atoms with Crippen molar-refractivity contribution in [1.82, 2.24) is 3.97 Å². The Morgan fingerprint density at radius 2 is 1.86 bits per heavy atom. The average molecular weight is 397 g/mol. The molecule has 3 aromatic rings. The van der Waals surface area contributed by atoms with Crippen molar-refractivity contribution in [1.29, 1.82) is 0 Å². The van der Waals surface area contributed by atoms with Crippen LogP contribution in [0.15, 0.2) is 53.6 Å². The van der Waals surface area contributed by atoms with E-state index in [-0.39, 0.29) is 18.3 Å². The molecule has 6 nitrogen and oxygen atoms in total. The molecule has 2 aliphatic rings. The summed E-state index contributed by atoms with van der Waals surface area (Å²) in [7, 11) is -3.88. The van der Waals surface area contributed by atoms with E-state index >= 15 is 0 Å². The fourth-order valence-electron chi connectivity index (χ4n) is 4.03. The van der Waals surface area contributed by atoms with Gasteiger partial charge in [0.15, 0.2) is 11.5 Å². The van der Waals surface area contributed by atoms with Gasteiger partial charge in [-0.2, -0.15) is 0 Å². The molecule has 1 aliphatic carbocycles. The second-order valence-electron chi connectivity index (χ2n) is 6.97. The third-order valence-corrected chi connectivity index (χ3v) is 7.04. The summed E-state index contributed by atoms with van der Waals surface area (Å²) in [6.45, 7) is -0.117. The summed E-state index contributed by atoms with van der Waals surface area (Å²) in [6.07, 6.45) is 4.06. The predicted octanol–water partition coefficient (Wildman–Crippen LogP) is 3.10. The van der Waals surface area contributed by atoms with Crippen LogP contribution in [0.1, 0.15) is 23.1 Å². The monoisotopic (exact) mass is 397 g/mol. The first kappa shape index (κ1) is 17.3. The number of hydrogen-bond donors (Lipinski definition) is 1. The van der Waals surface area contributed by atoms with Crippen LogP contribution in [0.2, 0.25) is 0 Å². The molecule has 2 heterocycles. The lowest BCUT2D eigenvalue weighted by Crippen LogP contribution is -2.14. The molecule has 0 bridgehead atoms. The van der Waals surface area contributed by atoms with E-state index in [0.717, 1.165) is 36.0 Å². The molecule has 1 aliphatic heterocycles. The Bertz CT molecular complexity index is 1180. The zero-order chi connectivity index (χ0) is 19.3. The molecule has 1 aromatic heterocycles. The van der Waals surface area contributed by atoms with E-state index in [4.69, 9.17) is 9.47 Å². The van der Waals surface area contributed by atoms with Crippen molar-refractivity contribution >= 4 is 10.0 Å². The second-order valence-corrected chi connectivity index (χ2v) is 8.78. The van der Waals surface area contributed by atoms with Crippen molar-refractivity contribution in [2.75, 3.05) is 6.79 Å². The maximum Gasteiger partial charge on any atom is 0.268 e. The van der Waals surface area contributed by atoms with Gasteiger partial charge in [-0.15, -0.1) is 0 Å². The van der Waals surface area contributed by atoms with Crippen LogP contribution in [-0.4, -0.2) is 24.3 Å². The van der Waals surface area contributed by atoms with Crippen molar-refractivity contribution in [3.63, 3.8) is 0 Å². The first-order valence-electron chi connectivity index (χ1n) is 9.17. The van der Waals surface area contributed by atoms with Crippen molar-refractivity contribution in [2.45, 2.75) is 30.8 Å². The van der Waals surface area contributed by atoms with E-state index in [1.165, 1.54) is 16.1 Å². The molecule has 0 amide bonds. The Morgan fingerprint density at radius 3 is 2.71 bits per heavy atom. The van der Waals surface area contributed by atoms with Crippen molar-refractivity contribution in [3.05, 3.63) is 65.4 Å². The van der Waals surface area contributed by atoms with Gasteiger partial charge in [0, 0.05) is 23.4 Å². The Morgan fingerprint density at radius 1 is 1.04 bits per heavy atom. The molecule has 1 N–H and O–H groups in total. The molecule has 0 radical (unpaired) electrons. The standard InChI is InChI=1S/C21H19NO5S/c23-12-15-11-22(21-17-6-2-1-4-14(17)5-3-7-18(15)21)28(24,25)16-8-9-19-20(10-16)27-13-26-19/h1-2,4,6,8-11,23H,3,5,7,12-13H2. The smallest absolute Gasteiger partial charge is 0.268 e. The van der Waals surface area contributed by atoms with E-state index < -0.39 is 10.0 Å². The summed E-state index contributed by atoms with van der Waals surface area (Å²) >= 11 is 0. The number of aliphatic hydroxyl groups is 1. The number of aromatic nitrogens is 1. The number of fused-ring (bicyclic) bond motifs is 4. The van der Waals surface area contributed by atoms with Crippen LogP contribution in [0.25, 0.3) is 11.3 Å². The van der Waals surface area contributed by atoms with Gasteiger partial charge in [0.1, 0.15) is 0 Å². The highest BCUT2D eigenvalue weighted by Crippen LogP contribution is 2.39. The number of aryl methyl sites for hydroxylation is 1. The molecule has 0 saturated carbocycles. The Hall–Kier alpha value is -2.77. The molecule has 0 unspecified atom stereocenters. The van der Waals surface area contributed by atoms with E-state index in [0.29, 0.717) is 22.8 Å². The van der Waals surface area contributed by atoms with Crippen LogP contribution >= 0.6 is 0 Å². The minimum absolute atomic E-state index is 0.0831. The Balaban J connectivity index is 1.75. The van der Waals surface area contributed by atoms with Gasteiger partial charge in [0.2, 0.25) is 6.79 Å². The number of aliphatic hydroxyl groups excluding tert-OH is 1. The lowest BCUT2D eigenvalue weighted by atomic mass is 10.0. The molecular formula is C21H19NO5S. The summed E-state index contributed by atoms with van der Waals surface area (Å²) in [4.78, 5) is 0.126. The Kier molecular flexibility index (Phi) is 3.96. The topological polar surface area (TPSA) is 77.8 Å². The fraction of sp³-hybridized carbons (Fsp3) is 0.238. The largest absolute Gasteiger partial charge is 0.454 e. The van der Waals surface area contributed by atoms with Crippen LogP contribution in [0.5, 0.6) is 11.5 Å². The lowest BCUT2D eigenvalue weighted by molar-refractivity contribution is 0.174. The molecule has 0 spiro atoms. The van der Waals surface area contributed by atoms with Gasteiger partial charge < -0.3 is 14.6 Å². The lowest BCUT2D eigenvalue weighted by Gasteiger charge is -2.14. The van der Waals surface area contributed by atoms with Crippen molar-refractivity contribution < 1.29 is 23.0 Å². The highest BCUT2D eigenvalue weighted by Gasteiger charge is 2.29. The number of hydrogen-bond acceptors (Lipinski definition) is 5.